The van der Waals surface area contributed by atoms with Gasteiger partial charge in [-0.1, -0.05) is 43.5 Å². The highest BCUT2D eigenvalue weighted by Crippen LogP contribution is 2.43. The van der Waals surface area contributed by atoms with Gasteiger partial charge in [0, 0.05) is 18.6 Å². The van der Waals surface area contributed by atoms with Crippen LogP contribution in [0.15, 0.2) is 36.4 Å². The average molecular weight is 271 g/mol. The van der Waals surface area contributed by atoms with Crippen LogP contribution in [0.4, 0.5) is 0 Å². The molecule has 0 atom stereocenters. The Labute approximate surface area is 122 Å². The van der Waals surface area contributed by atoms with Crippen molar-refractivity contribution in [3.05, 3.63) is 42.0 Å². The number of rotatable bonds is 3. The lowest BCUT2D eigenvalue weighted by Gasteiger charge is -2.47. The lowest BCUT2D eigenvalue weighted by Crippen LogP contribution is -2.48. The Balaban J connectivity index is 1.97. The molecule has 2 heteroatoms. The summed E-state index contributed by atoms with van der Waals surface area (Å²) in [5.41, 5.74) is 1.68. The van der Waals surface area contributed by atoms with Gasteiger partial charge in [-0.25, -0.2) is 0 Å². The predicted octanol–water partition coefficient (Wildman–Crippen LogP) is 4.12. The molecule has 1 heterocycles. The van der Waals surface area contributed by atoms with Gasteiger partial charge in [-0.2, -0.15) is 0 Å². The molecule has 0 N–H and O–H groups in total. The summed E-state index contributed by atoms with van der Waals surface area (Å²) >= 11 is 0. The standard InChI is InChI=1S/C18H25NO/c1-20-17-10-8-9-16(15-17)18(11-4-2-5-12-18)19-13-6-3-7-14-19/h3,6,8-10,15H,2,4-5,7,11-14H2,1H3. The van der Waals surface area contributed by atoms with E-state index < -0.39 is 0 Å². The van der Waals surface area contributed by atoms with Crippen LogP contribution in [0.1, 0.15) is 44.1 Å². The minimum atomic E-state index is 0.234. The van der Waals surface area contributed by atoms with Crippen LogP contribution in [0.3, 0.4) is 0 Å². The third-order valence-electron chi connectivity index (χ3n) is 4.95. The van der Waals surface area contributed by atoms with E-state index in [1.165, 1.54) is 50.6 Å². The number of benzene rings is 1. The minimum Gasteiger partial charge on any atom is -0.497 e. The van der Waals surface area contributed by atoms with Crippen molar-refractivity contribution < 1.29 is 4.74 Å². The van der Waals surface area contributed by atoms with Gasteiger partial charge in [0.15, 0.2) is 0 Å². The zero-order valence-electron chi connectivity index (χ0n) is 12.5. The third-order valence-corrected chi connectivity index (χ3v) is 4.95. The van der Waals surface area contributed by atoms with Gasteiger partial charge < -0.3 is 4.74 Å². The van der Waals surface area contributed by atoms with E-state index >= 15 is 0 Å². The monoisotopic (exact) mass is 271 g/mol. The summed E-state index contributed by atoms with van der Waals surface area (Å²) in [7, 11) is 1.76. The molecule has 0 aromatic heterocycles. The molecule has 1 aromatic rings. The van der Waals surface area contributed by atoms with Crippen LogP contribution in [0, 0.1) is 0 Å². The fourth-order valence-corrected chi connectivity index (χ4v) is 3.87. The molecule has 1 aliphatic heterocycles. The molecule has 1 aromatic carbocycles. The van der Waals surface area contributed by atoms with E-state index in [2.05, 4.69) is 41.3 Å². The molecule has 0 amide bonds. The molecular formula is C18H25NO. The SMILES string of the molecule is COc1cccc(C2(N3CC=CCC3)CCCCC2)c1. The molecular weight excluding hydrogens is 246 g/mol. The summed E-state index contributed by atoms with van der Waals surface area (Å²) in [6.45, 7) is 2.28. The second-order valence-corrected chi connectivity index (χ2v) is 6.03. The van der Waals surface area contributed by atoms with Crippen LogP contribution in [-0.4, -0.2) is 25.1 Å². The Morgan fingerprint density at radius 3 is 2.65 bits per heavy atom. The van der Waals surface area contributed by atoms with Crippen LogP contribution < -0.4 is 4.74 Å². The molecule has 0 saturated heterocycles. The van der Waals surface area contributed by atoms with E-state index in [0.29, 0.717) is 0 Å². The van der Waals surface area contributed by atoms with E-state index in [0.717, 1.165) is 12.3 Å². The highest BCUT2D eigenvalue weighted by Gasteiger charge is 2.39. The number of methoxy groups -OCH3 is 1. The molecule has 20 heavy (non-hydrogen) atoms. The molecule has 2 aliphatic rings. The van der Waals surface area contributed by atoms with Crippen molar-refractivity contribution in [3.8, 4) is 5.75 Å². The number of ether oxygens (including phenoxy) is 1. The molecule has 0 spiro atoms. The van der Waals surface area contributed by atoms with Gasteiger partial charge in [-0.05, 0) is 37.0 Å². The molecule has 3 rings (SSSR count). The zero-order valence-corrected chi connectivity index (χ0v) is 12.5. The first-order valence-electron chi connectivity index (χ1n) is 7.90. The van der Waals surface area contributed by atoms with E-state index in [-0.39, 0.29) is 5.54 Å². The minimum absolute atomic E-state index is 0.234. The largest absolute Gasteiger partial charge is 0.497 e. The molecule has 2 nitrogen and oxygen atoms in total. The maximum absolute atomic E-state index is 5.45. The fourth-order valence-electron chi connectivity index (χ4n) is 3.87. The van der Waals surface area contributed by atoms with Crippen molar-refractivity contribution in [2.75, 3.05) is 20.2 Å². The first-order chi connectivity index (χ1) is 9.85. The third kappa shape index (κ3) is 2.49. The van der Waals surface area contributed by atoms with Crippen molar-refractivity contribution in [1.29, 1.82) is 0 Å². The summed E-state index contributed by atoms with van der Waals surface area (Å²) < 4.78 is 5.45. The normalized spacial score (nSPS) is 22.6. The van der Waals surface area contributed by atoms with Crippen LogP contribution in [0.2, 0.25) is 0 Å². The summed E-state index contributed by atoms with van der Waals surface area (Å²) in [4.78, 5) is 2.70. The van der Waals surface area contributed by atoms with Crippen LogP contribution in [0.25, 0.3) is 0 Å². The number of nitrogens with zero attached hydrogens (tertiary/aromatic N) is 1. The van der Waals surface area contributed by atoms with Gasteiger partial charge in [0.05, 0.1) is 7.11 Å². The molecule has 0 radical (unpaired) electrons. The van der Waals surface area contributed by atoms with Crippen molar-refractivity contribution in [3.63, 3.8) is 0 Å². The van der Waals surface area contributed by atoms with E-state index in [4.69, 9.17) is 4.74 Å². The Bertz CT molecular complexity index is 474. The lowest BCUT2D eigenvalue weighted by molar-refractivity contribution is 0.0556. The average Bonchev–Trinajstić information content (AvgIpc) is 2.56. The smallest absolute Gasteiger partial charge is 0.119 e. The Morgan fingerprint density at radius 1 is 1.10 bits per heavy atom. The van der Waals surface area contributed by atoms with Gasteiger partial charge in [0.2, 0.25) is 0 Å². The fraction of sp³-hybridized carbons (Fsp3) is 0.556. The number of hydrogen-bond acceptors (Lipinski definition) is 2. The van der Waals surface area contributed by atoms with E-state index in [1.54, 1.807) is 7.11 Å². The summed E-state index contributed by atoms with van der Waals surface area (Å²) in [5, 5.41) is 0. The maximum Gasteiger partial charge on any atom is 0.119 e. The quantitative estimate of drug-likeness (QED) is 0.767. The van der Waals surface area contributed by atoms with Crippen molar-refractivity contribution in [1.82, 2.24) is 4.90 Å². The second kappa shape index (κ2) is 6.01. The van der Waals surface area contributed by atoms with Crippen LogP contribution in [0.5, 0.6) is 5.75 Å². The first-order valence-corrected chi connectivity index (χ1v) is 7.90. The lowest BCUT2D eigenvalue weighted by atomic mass is 9.74. The molecule has 0 bridgehead atoms. The molecule has 1 fully saturated rings. The summed E-state index contributed by atoms with van der Waals surface area (Å²) in [6, 6.07) is 8.75. The summed E-state index contributed by atoms with van der Waals surface area (Å²) in [5.74, 6) is 0.986. The van der Waals surface area contributed by atoms with Gasteiger partial charge >= 0.3 is 0 Å². The topological polar surface area (TPSA) is 12.5 Å². The predicted molar refractivity (Wildman–Crippen MR) is 83.1 cm³/mol. The molecule has 1 aliphatic carbocycles. The highest BCUT2D eigenvalue weighted by atomic mass is 16.5. The number of hydrogen-bond donors (Lipinski definition) is 0. The molecule has 108 valence electrons. The Morgan fingerprint density at radius 2 is 1.95 bits per heavy atom. The Kier molecular flexibility index (Phi) is 4.11. The van der Waals surface area contributed by atoms with Crippen molar-refractivity contribution >= 4 is 0 Å². The van der Waals surface area contributed by atoms with Gasteiger partial charge in [0.25, 0.3) is 0 Å². The molecule has 1 saturated carbocycles. The second-order valence-electron chi connectivity index (χ2n) is 6.03. The van der Waals surface area contributed by atoms with Gasteiger partial charge in [-0.15, -0.1) is 0 Å². The van der Waals surface area contributed by atoms with Crippen molar-refractivity contribution in [2.45, 2.75) is 44.1 Å². The first kappa shape index (κ1) is 13.7. The van der Waals surface area contributed by atoms with Crippen LogP contribution >= 0.6 is 0 Å². The van der Waals surface area contributed by atoms with Gasteiger partial charge in [-0.3, -0.25) is 4.90 Å². The highest BCUT2D eigenvalue weighted by molar-refractivity contribution is 5.34. The Hall–Kier alpha value is -1.28. The summed E-state index contributed by atoms with van der Waals surface area (Å²) in [6.07, 6.45) is 12.5. The molecule has 0 unspecified atom stereocenters. The van der Waals surface area contributed by atoms with E-state index in [9.17, 15) is 0 Å². The maximum atomic E-state index is 5.45. The zero-order chi connectivity index (χ0) is 13.8. The van der Waals surface area contributed by atoms with E-state index in [1.807, 2.05) is 0 Å². The van der Waals surface area contributed by atoms with Crippen molar-refractivity contribution in [2.24, 2.45) is 0 Å². The van der Waals surface area contributed by atoms with Crippen LogP contribution in [-0.2, 0) is 5.54 Å². The van der Waals surface area contributed by atoms with Gasteiger partial charge in [0.1, 0.15) is 5.75 Å².